The highest BCUT2D eigenvalue weighted by atomic mass is 32.1. The summed E-state index contributed by atoms with van der Waals surface area (Å²) in [6, 6.07) is 4.71. The fraction of sp³-hybridized carbons (Fsp3) is 0.391. The van der Waals surface area contributed by atoms with Gasteiger partial charge in [0.05, 0.1) is 17.7 Å². The molecule has 32 heavy (non-hydrogen) atoms. The number of fused-ring (bicyclic) bond motifs is 2. The van der Waals surface area contributed by atoms with Crippen molar-refractivity contribution >= 4 is 45.3 Å². The summed E-state index contributed by atoms with van der Waals surface area (Å²) < 4.78 is 15.7. The average molecular weight is 457 g/mol. The molecule has 168 valence electrons. The van der Waals surface area contributed by atoms with Crippen molar-refractivity contribution in [2.75, 3.05) is 11.9 Å². The summed E-state index contributed by atoms with van der Waals surface area (Å²) >= 11 is 1.39. The molecule has 2 heterocycles. The molecule has 2 atom stereocenters. The van der Waals surface area contributed by atoms with Gasteiger partial charge in [0.2, 0.25) is 0 Å². The number of esters is 2. The van der Waals surface area contributed by atoms with Gasteiger partial charge in [-0.2, -0.15) is 0 Å². The van der Waals surface area contributed by atoms with Crippen molar-refractivity contribution in [2.45, 2.75) is 46.1 Å². The lowest BCUT2D eigenvalue weighted by molar-refractivity contribution is -0.123. The standard InChI is InChI=1S/C23H24N2O6S/c1-4-29-23(28)19-15-7-5-12(2)9-18(15)32-21(19)25-20(26)13(3)31-22(27)14-6-8-17-16(10-14)24-11-30-17/h6,8,10-13H,4-5,7,9H2,1-3H3,(H,25,26). The number of carbonyl (C=O) groups excluding carboxylic acids is 3. The molecule has 0 fully saturated rings. The molecule has 0 bridgehead atoms. The summed E-state index contributed by atoms with van der Waals surface area (Å²) in [6.07, 6.45) is 2.83. The van der Waals surface area contributed by atoms with Gasteiger partial charge in [0.25, 0.3) is 5.91 Å². The van der Waals surface area contributed by atoms with Crippen LogP contribution in [0.4, 0.5) is 5.00 Å². The van der Waals surface area contributed by atoms with Gasteiger partial charge >= 0.3 is 11.9 Å². The molecule has 0 saturated carbocycles. The summed E-state index contributed by atoms with van der Waals surface area (Å²) in [6.45, 7) is 5.65. The zero-order chi connectivity index (χ0) is 22.8. The number of aromatic nitrogens is 1. The zero-order valence-corrected chi connectivity index (χ0v) is 18.9. The highest BCUT2D eigenvalue weighted by molar-refractivity contribution is 7.17. The van der Waals surface area contributed by atoms with Crippen LogP contribution < -0.4 is 5.32 Å². The Bertz CT molecular complexity index is 1180. The maximum atomic E-state index is 12.8. The van der Waals surface area contributed by atoms with Gasteiger partial charge in [-0.05, 0) is 62.8 Å². The Hall–Kier alpha value is -3.20. The Morgan fingerprint density at radius 3 is 2.91 bits per heavy atom. The molecule has 0 saturated heterocycles. The number of hydrogen-bond acceptors (Lipinski definition) is 8. The van der Waals surface area contributed by atoms with E-state index in [1.807, 2.05) is 0 Å². The number of thiophene rings is 1. The molecule has 0 spiro atoms. The first-order chi connectivity index (χ1) is 15.4. The van der Waals surface area contributed by atoms with Crippen molar-refractivity contribution in [3.63, 3.8) is 0 Å². The highest BCUT2D eigenvalue weighted by Crippen LogP contribution is 2.40. The predicted octanol–water partition coefficient (Wildman–Crippen LogP) is 4.37. The molecule has 2 aromatic heterocycles. The maximum absolute atomic E-state index is 12.8. The van der Waals surface area contributed by atoms with Crippen LogP contribution in [0.25, 0.3) is 11.1 Å². The largest absolute Gasteiger partial charge is 0.462 e. The van der Waals surface area contributed by atoms with Crippen molar-refractivity contribution in [3.8, 4) is 0 Å². The van der Waals surface area contributed by atoms with Crippen LogP contribution in [-0.4, -0.2) is 35.5 Å². The fourth-order valence-electron chi connectivity index (χ4n) is 3.74. The molecule has 9 heteroatoms. The summed E-state index contributed by atoms with van der Waals surface area (Å²) in [5.41, 5.74) is 2.71. The second-order valence-electron chi connectivity index (χ2n) is 7.85. The third kappa shape index (κ3) is 4.38. The lowest BCUT2D eigenvalue weighted by Gasteiger charge is -2.18. The Labute approximate surface area is 188 Å². The van der Waals surface area contributed by atoms with E-state index in [4.69, 9.17) is 13.9 Å². The number of rotatable bonds is 6. The molecule has 4 rings (SSSR count). The molecule has 1 aliphatic carbocycles. The van der Waals surface area contributed by atoms with Gasteiger partial charge in [-0.15, -0.1) is 11.3 Å². The van der Waals surface area contributed by atoms with Crippen LogP contribution in [0.3, 0.4) is 0 Å². The van der Waals surface area contributed by atoms with Crippen molar-refractivity contribution in [1.82, 2.24) is 4.98 Å². The van der Waals surface area contributed by atoms with E-state index in [0.717, 1.165) is 29.7 Å². The van der Waals surface area contributed by atoms with Gasteiger partial charge in [-0.3, -0.25) is 4.79 Å². The first-order valence-electron chi connectivity index (χ1n) is 10.5. The van der Waals surface area contributed by atoms with E-state index in [2.05, 4.69) is 17.2 Å². The third-order valence-corrected chi connectivity index (χ3v) is 6.62. The molecular weight excluding hydrogens is 432 g/mol. The smallest absolute Gasteiger partial charge is 0.341 e. The summed E-state index contributed by atoms with van der Waals surface area (Å²) in [5.74, 6) is -1.09. The Balaban J connectivity index is 1.50. The average Bonchev–Trinajstić information content (AvgIpc) is 3.36. The van der Waals surface area contributed by atoms with Crippen LogP contribution in [0.2, 0.25) is 0 Å². The highest BCUT2D eigenvalue weighted by Gasteiger charge is 2.30. The van der Waals surface area contributed by atoms with E-state index >= 15 is 0 Å². The normalized spacial score (nSPS) is 16.3. The van der Waals surface area contributed by atoms with Crippen LogP contribution in [0, 0.1) is 5.92 Å². The lowest BCUT2D eigenvalue weighted by Crippen LogP contribution is -2.30. The van der Waals surface area contributed by atoms with E-state index in [1.54, 1.807) is 25.1 Å². The quantitative estimate of drug-likeness (QED) is 0.549. The summed E-state index contributed by atoms with van der Waals surface area (Å²) in [5, 5.41) is 3.22. The predicted molar refractivity (Wildman–Crippen MR) is 119 cm³/mol. The Morgan fingerprint density at radius 2 is 2.12 bits per heavy atom. The van der Waals surface area contributed by atoms with Crippen LogP contribution in [0.5, 0.6) is 0 Å². The van der Waals surface area contributed by atoms with Gasteiger partial charge in [0, 0.05) is 4.88 Å². The number of nitrogens with zero attached hydrogens (tertiary/aromatic N) is 1. The third-order valence-electron chi connectivity index (χ3n) is 5.45. The second kappa shape index (κ2) is 9.12. The van der Waals surface area contributed by atoms with Crippen LogP contribution >= 0.6 is 11.3 Å². The molecule has 1 aliphatic rings. The van der Waals surface area contributed by atoms with Crippen molar-refractivity contribution in [2.24, 2.45) is 5.92 Å². The molecule has 0 aliphatic heterocycles. The van der Waals surface area contributed by atoms with Gasteiger partial charge in [0.1, 0.15) is 10.5 Å². The van der Waals surface area contributed by atoms with Gasteiger partial charge < -0.3 is 19.2 Å². The number of amides is 1. The van der Waals surface area contributed by atoms with Crippen LogP contribution in [0.1, 0.15) is 58.3 Å². The summed E-state index contributed by atoms with van der Waals surface area (Å²) in [7, 11) is 0. The van der Waals surface area contributed by atoms with Gasteiger partial charge in [-0.1, -0.05) is 6.92 Å². The number of benzene rings is 1. The molecular formula is C23H24N2O6S. The number of carbonyl (C=O) groups is 3. The number of hydrogen-bond donors (Lipinski definition) is 1. The van der Waals surface area contributed by atoms with E-state index < -0.39 is 23.9 Å². The number of ether oxygens (including phenoxy) is 2. The second-order valence-corrected chi connectivity index (χ2v) is 8.95. The molecule has 1 N–H and O–H groups in total. The van der Waals surface area contributed by atoms with Crippen molar-refractivity contribution in [3.05, 3.63) is 46.2 Å². The minimum atomic E-state index is -1.07. The lowest BCUT2D eigenvalue weighted by atomic mass is 9.88. The molecule has 8 nitrogen and oxygen atoms in total. The topological polar surface area (TPSA) is 108 Å². The fourth-order valence-corrected chi connectivity index (χ4v) is 5.14. The van der Waals surface area contributed by atoms with E-state index in [1.165, 1.54) is 24.7 Å². The van der Waals surface area contributed by atoms with Crippen LogP contribution in [-0.2, 0) is 27.1 Å². The number of anilines is 1. The number of nitrogens with one attached hydrogen (secondary N) is 1. The molecule has 2 unspecified atom stereocenters. The Morgan fingerprint density at radius 1 is 1.31 bits per heavy atom. The van der Waals surface area contributed by atoms with E-state index in [9.17, 15) is 14.4 Å². The maximum Gasteiger partial charge on any atom is 0.341 e. The number of oxazole rings is 1. The van der Waals surface area contributed by atoms with E-state index in [0.29, 0.717) is 27.6 Å². The van der Waals surface area contributed by atoms with Crippen molar-refractivity contribution in [1.29, 1.82) is 0 Å². The van der Waals surface area contributed by atoms with Gasteiger partial charge in [-0.25, -0.2) is 14.6 Å². The zero-order valence-electron chi connectivity index (χ0n) is 18.1. The molecule has 1 aromatic carbocycles. The van der Waals surface area contributed by atoms with Crippen molar-refractivity contribution < 1.29 is 28.3 Å². The SMILES string of the molecule is CCOC(=O)c1c(NC(=O)C(C)OC(=O)c2ccc3ocnc3c2)sc2c1CCC(C)C2. The molecule has 3 aromatic rings. The monoisotopic (exact) mass is 456 g/mol. The van der Waals surface area contributed by atoms with E-state index in [-0.39, 0.29) is 12.2 Å². The summed E-state index contributed by atoms with van der Waals surface area (Å²) in [4.78, 5) is 43.0. The van der Waals surface area contributed by atoms with Crippen LogP contribution in [0.15, 0.2) is 29.0 Å². The first-order valence-corrected chi connectivity index (χ1v) is 11.4. The van der Waals surface area contributed by atoms with Gasteiger partial charge in [0.15, 0.2) is 18.1 Å². The minimum absolute atomic E-state index is 0.247. The minimum Gasteiger partial charge on any atom is -0.462 e. The Kier molecular flexibility index (Phi) is 6.27. The molecule has 1 amide bonds. The molecule has 0 radical (unpaired) electrons. The first kappa shape index (κ1) is 22.0.